The monoisotopic (exact) mass is 497 g/mol. The molecule has 11 heteroatoms. The lowest BCUT2D eigenvalue weighted by Gasteiger charge is -2.35. The molecule has 1 fully saturated rings. The summed E-state index contributed by atoms with van der Waals surface area (Å²) in [4.78, 5) is 22.4. The van der Waals surface area contributed by atoms with Gasteiger partial charge in [-0.1, -0.05) is 0 Å². The normalized spacial score (nSPS) is 15.2. The van der Waals surface area contributed by atoms with Crippen LogP contribution in [0.5, 0.6) is 0 Å². The standard InChI is InChI=1S/C26H31N11/c1-16-6-12-37-23(16)22(18-5-9-29-21(13-18)36-10-7-19(8-11-36)35(3)4)33-25(34-37)17(2)32-26-20(14-27)24(28)30-15-31-26/h5-6,9,12-13,15,17,19H,7-8,10-11H2,1-4H3,(H3,28,30,31,32). The maximum atomic E-state index is 9.50. The molecular formula is C26H31N11. The number of rotatable bonds is 6. The summed E-state index contributed by atoms with van der Waals surface area (Å²) < 4.78 is 1.85. The van der Waals surface area contributed by atoms with Crippen molar-refractivity contribution in [3.8, 4) is 17.3 Å². The second kappa shape index (κ2) is 9.99. The fraction of sp³-hybridized carbons (Fsp3) is 0.385. The summed E-state index contributed by atoms with van der Waals surface area (Å²) in [6, 6.07) is 8.46. The highest BCUT2D eigenvalue weighted by atomic mass is 15.3. The molecular weight excluding hydrogens is 466 g/mol. The minimum absolute atomic E-state index is 0.129. The van der Waals surface area contributed by atoms with E-state index in [1.54, 1.807) is 0 Å². The van der Waals surface area contributed by atoms with Gasteiger partial charge in [-0.3, -0.25) is 0 Å². The number of nitriles is 1. The van der Waals surface area contributed by atoms with Gasteiger partial charge in [0.25, 0.3) is 0 Å². The average molecular weight is 498 g/mol. The molecule has 4 aromatic heterocycles. The number of aryl methyl sites for hydroxylation is 1. The van der Waals surface area contributed by atoms with Gasteiger partial charge in [0.15, 0.2) is 5.82 Å². The third kappa shape index (κ3) is 4.75. The van der Waals surface area contributed by atoms with E-state index >= 15 is 0 Å². The Bertz CT molecular complexity index is 1460. The van der Waals surface area contributed by atoms with Crippen molar-refractivity contribution in [1.82, 2.24) is 34.4 Å². The molecule has 0 amide bonds. The number of fused-ring (bicyclic) bond motifs is 1. The van der Waals surface area contributed by atoms with Crippen LogP contribution in [0.25, 0.3) is 16.8 Å². The Labute approximate surface area is 216 Å². The topological polar surface area (TPSA) is 137 Å². The van der Waals surface area contributed by atoms with E-state index in [0.717, 1.165) is 54.1 Å². The van der Waals surface area contributed by atoms with Gasteiger partial charge in [-0.05, 0) is 64.5 Å². The molecule has 1 aliphatic heterocycles. The number of nitrogens with zero attached hydrogens (tertiary/aromatic N) is 9. The Balaban J connectivity index is 1.50. The van der Waals surface area contributed by atoms with E-state index in [1.165, 1.54) is 6.33 Å². The molecule has 0 aliphatic carbocycles. The lowest BCUT2D eigenvalue weighted by molar-refractivity contribution is 0.249. The van der Waals surface area contributed by atoms with Crippen LogP contribution in [0.15, 0.2) is 36.9 Å². The highest BCUT2D eigenvalue weighted by Gasteiger charge is 2.23. The van der Waals surface area contributed by atoms with Crippen LogP contribution in [0.2, 0.25) is 0 Å². The Kier molecular flexibility index (Phi) is 6.58. The zero-order valence-electron chi connectivity index (χ0n) is 21.5. The summed E-state index contributed by atoms with van der Waals surface area (Å²) in [5, 5.41) is 17.5. The largest absolute Gasteiger partial charge is 0.382 e. The molecule has 11 nitrogen and oxygen atoms in total. The SMILES string of the molecule is Cc1ccn2nc(C(C)Nc3ncnc(N)c3C#N)nc(-c3ccnc(N4CCC(N(C)C)CC4)c3)c12. The second-order valence-corrected chi connectivity index (χ2v) is 9.66. The molecule has 5 rings (SSSR count). The summed E-state index contributed by atoms with van der Waals surface area (Å²) in [6.07, 6.45) is 7.34. The van der Waals surface area contributed by atoms with Gasteiger partial charge in [0, 0.05) is 37.1 Å². The van der Waals surface area contributed by atoms with Crippen LogP contribution >= 0.6 is 0 Å². The van der Waals surface area contributed by atoms with Crippen LogP contribution in [0.4, 0.5) is 17.5 Å². The molecule has 1 atom stereocenters. The van der Waals surface area contributed by atoms with Crippen molar-refractivity contribution in [3.05, 3.63) is 53.9 Å². The van der Waals surface area contributed by atoms with Gasteiger partial charge in [-0.15, -0.1) is 0 Å². The van der Waals surface area contributed by atoms with Gasteiger partial charge in [0.2, 0.25) is 0 Å². The zero-order chi connectivity index (χ0) is 26.1. The zero-order valence-corrected chi connectivity index (χ0v) is 21.5. The summed E-state index contributed by atoms with van der Waals surface area (Å²) in [5.74, 6) is 2.00. The van der Waals surface area contributed by atoms with Crippen molar-refractivity contribution in [2.24, 2.45) is 0 Å². The number of hydrogen-bond donors (Lipinski definition) is 2. The van der Waals surface area contributed by atoms with E-state index in [-0.39, 0.29) is 17.4 Å². The molecule has 4 aromatic rings. The number of nitrogens with one attached hydrogen (secondary N) is 1. The van der Waals surface area contributed by atoms with Crippen LogP contribution < -0.4 is 16.0 Å². The molecule has 0 bridgehead atoms. The first-order valence-electron chi connectivity index (χ1n) is 12.4. The van der Waals surface area contributed by atoms with Crippen molar-refractivity contribution >= 4 is 23.0 Å². The first kappa shape index (κ1) is 24.4. The van der Waals surface area contributed by atoms with Gasteiger partial charge >= 0.3 is 0 Å². The fourth-order valence-electron chi connectivity index (χ4n) is 4.82. The number of nitrogens with two attached hydrogens (primary N) is 1. The number of piperidine rings is 1. The van der Waals surface area contributed by atoms with E-state index < -0.39 is 0 Å². The average Bonchev–Trinajstić information content (AvgIpc) is 3.29. The molecule has 0 aromatic carbocycles. The minimum Gasteiger partial charge on any atom is -0.382 e. The molecule has 0 radical (unpaired) electrons. The summed E-state index contributed by atoms with van der Waals surface area (Å²) in [7, 11) is 4.29. The minimum atomic E-state index is -0.348. The van der Waals surface area contributed by atoms with Gasteiger partial charge in [-0.25, -0.2) is 24.5 Å². The van der Waals surface area contributed by atoms with Crippen LogP contribution in [0.1, 0.15) is 42.8 Å². The maximum Gasteiger partial charge on any atom is 0.171 e. The molecule has 1 aliphatic rings. The first-order valence-corrected chi connectivity index (χ1v) is 12.4. The highest BCUT2D eigenvalue weighted by molar-refractivity contribution is 5.80. The van der Waals surface area contributed by atoms with E-state index in [9.17, 15) is 5.26 Å². The Hall–Kier alpha value is -4.30. The fourth-order valence-corrected chi connectivity index (χ4v) is 4.82. The predicted octanol–water partition coefficient (Wildman–Crippen LogP) is 3.05. The molecule has 0 spiro atoms. The molecule has 5 heterocycles. The van der Waals surface area contributed by atoms with Crippen LogP contribution in [0, 0.1) is 18.3 Å². The number of nitrogen functional groups attached to an aromatic ring is 1. The van der Waals surface area contributed by atoms with Gasteiger partial charge in [0.1, 0.15) is 35.4 Å². The summed E-state index contributed by atoms with van der Waals surface area (Å²) in [5.41, 5.74) is 9.90. The predicted molar refractivity (Wildman–Crippen MR) is 143 cm³/mol. The molecule has 1 saturated heterocycles. The lowest BCUT2D eigenvalue weighted by atomic mass is 10.0. The smallest absolute Gasteiger partial charge is 0.171 e. The maximum absolute atomic E-state index is 9.50. The highest BCUT2D eigenvalue weighted by Crippen LogP contribution is 2.30. The van der Waals surface area contributed by atoms with Gasteiger partial charge < -0.3 is 20.9 Å². The van der Waals surface area contributed by atoms with Crippen molar-refractivity contribution in [2.75, 3.05) is 43.1 Å². The van der Waals surface area contributed by atoms with Crippen LogP contribution in [0.3, 0.4) is 0 Å². The third-order valence-corrected chi connectivity index (χ3v) is 7.00. The van der Waals surface area contributed by atoms with E-state index in [4.69, 9.17) is 15.8 Å². The Morgan fingerprint density at radius 1 is 1.19 bits per heavy atom. The molecule has 190 valence electrons. The van der Waals surface area contributed by atoms with E-state index in [0.29, 0.717) is 17.7 Å². The lowest BCUT2D eigenvalue weighted by Crippen LogP contribution is -2.42. The molecule has 0 saturated carbocycles. The number of hydrogen-bond acceptors (Lipinski definition) is 10. The van der Waals surface area contributed by atoms with Gasteiger partial charge in [0.05, 0.1) is 17.3 Å². The van der Waals surface area contributed by atoms with Crippen LogP contribution in [-0.2, 0) is 0 Å². The third-order valence-electron chi connectivity index (χ3n) is 7.00. The summed E-state index contributed by atoms with van der Waals surface area (Å²) >= 11 is 0. The first-order chi connectivity index (χ1) is 17.9. The van der Waals surface area contributed by atoms with Gasteiger partial charge in [-0.2, -0.15) is 10.4 Å². The van der Waals surface area contributed by atoms with Crippen LogP contribution in [-0.4, -0.2) is 67.7 Å². The van der Waals surface area contributed by atoms with E-state index in [1.807, 2.05) is 36.0 Å². The molecule has 3 N–H and O–H groups in total. The Morgan fingerprint density at radius 2 is 1.97 bits per heavy atom. The van der Waals surface area contributed by atoms with Crippen molar-refractivity contribution < 1.29 is 0 Å². The molecule has 1 unspecified atom stereocenters. The Morgan fingerprint density at radius 3 is 2.70 bits per heavy atom. The molecule has 37 heavy (non-hydrogen) atoms. The quantitative estimate of drug-likeness (QED) is 0.409. The van der Waals surface area contributed by atoms with Crippen molar-refractivity contribution in [2.45, 2.75) is 38.8 Å². The number of pyridine rings is 1. The summed E-state index contributed by atoms with van der Waals surface area (Å²) in [6.45, 7) is 5.92. The number of aromatic nitrogens is 6. The second-order valence-electron chi connectivity index (χ2n) is 9.66. The van der Waals surface area contributed by atoms with E-state index in [2.05, 4.69) is 63.2 Å². The number of anilines is 3. The van der Waals surface area contributed by atoms with Crippen molar-refractivity contribution in [3.63, 3.8) is 0 Å². The van der Waals surface area contributed by atoms with Crippen molar-refractivity contribution in [1.29, 1.82) is 5.26 Å².